The van der Waals surface area contributed by atoms with Crippen molar-refractivity contribution in [2.75, 3.05) is 26.4 Å². The maximum Gasteiger partial charge on any atom is 0.344 e. The number of ether oxygens (including phenoxy) is 4. The molecule has 0 aliphatic carbocycles. The second-order valence-corrected chi connectivity index (χ2v) is 4.43. The van der Waals surface area contributed by atoms with Gasteiger partial charge in [0.15, 0.2) is 19.3 Å². The quantitative estimate of drug-likeness (QED) is 0.401. The molecule has 0 heterocycles. The molecule has 132 valence electrons. The van der Waals surface area contributed by atoms with Gasteiger partial charge < -0.3 is 24.1 Å². The van der Waals surface area contributed by atoms with Crippen molar-refractivity contribution in [3.8, 4) is 0 Å². The lowest BCUT2D eigenvalue weighted by Gasteiger charge is -2.10. The Bertz CT molecular complexity index is 405. The van der Waals surface area contributed by atoms with Crippen LogP contribution in [0, 0.1) is 0 Å². The number of hydrogen-bond acceptors (Lipinski definition) is 9. The first-order valence-corrected chi connectivity index (χ1v) is 7.22. The Kier molecular flexibility index (Phi) is 11.2. The SMILES string of the molecule is CCCOC(=O)COC(=O)CC(O)C(=O)OCC(=O)OCCC. The predicted molar refractivity (Wildman–Crippen MR) is 75.0 cm³/mol. The monoisotopic (exact) mass is 334 g/mol. The fourth-order valence-electron chi connectivity index (χ4n) is 1.18. The van der Waals surface area contributed by atoms with Crippen LogP contribution in [0.15, 0.2) is 0 Å². The molecule has 0 aromatic carbocycles. The predicted octanol–water partition coefficient (Wildman–Crippen LogP) is -0.270. The summed E-state index contributed by atoms with van der Waals surface area (Å²) in [5, 5.41) is 9.44. The summed E-state index contributed by atoms with van der Waals surface area (Å²) in [5.41, 5.74) is 0. The lowest BCUT2D eigenvalue weighted by atomic mass is 10.2. The molecule has 0 aliphatic rings. The summed E-state index contributed by atoms with van der Waals surface area (Å²) < 4.78 is 18.3. The number of carbonyl (C=O) groups is 4. The first kappa shape index (κ1) is 20.8. The van der Waals surface area contributed by atoms with Crippen LogP contribution in [0.5, 0.6) is 0 Å². The highest BCUT2D eigenvalue weighted by molar-refractivity contribution is 5.84. The van der Waals surface area contributed by atoms with Crippen molar-refractivity contribution in [2.24, 2.45) is 0 Å². The highest BCUT2D eigenvalue weighted by atomic mass is 16.6. The van der Waals surface area contributed by atoms with Crippen LogP contribution < -0.4 is 0 Å². The molecule has 1 atom stereocenters. The van der Waals surface area contributed by atoms with Crippen LogP contribution in [0.4, 0.5) is 0 Å². The lowest BCUT2D eigenvalue weighted by molar-refractivity contribution is -0.168. The fourth-order valence-corrected chi connectivity index (χ4v) is 1.18. The van der Waals surface area contributed by atoms with E-state index in [1.165, 1.54) is 0 Å². The van der Waals surface area contributed by atoms with Crippen molar-refractivity contribution >= 4 is 23.9 Å². The summed E-state index contributed by atoms with van der Waals surface area (Å²) in [6.07, 6.45) is -1.25. The maximum absolute atomic E-state index is 11.4. The Morgan fingerprint density at radius 3 is 1.74 bits per heavy atom. The van der Waals surface area contributed by atoms with Gasteiger partial charge in [0.1, 0.15) is 0 Å². The standard InChI is InChI=1S/C14H22O9/c1-3-5-20-12(17)8-22-11(16)7-10(15)14(19)23-9-13(18)21-6-4-2/h10,15H,3-9H2,1-2H3. The number of aliphatic hydroxyl groups excluding tert-OH is 1. The molecule has 0 amide bonds. The summed E-state index contributed by atoms with van der Waals surface area (Å²) in [6.45, 7) is 2.74. The third-order valence-electron chi connectivity index (χ3n) is 2.25. The molecule has 23 heavy (non-hydrogen) atoms. The zero-order valence-corrected chi connectivity index (χ0v) is 13.2. The Hall–Kier alpha value is -2.16. The van der Waals surface area contributed by atoms with Crippen LogP contribution >= 0.6 is 0 Å². The molecule has 0 saturated carbocycles. The molecule has 0 aromatic rings. The lowest BCUT2D eigenvalue weighted by Crippen LogP contribution is -2.29. The van der Waals surface area contributed by atoms with Gasteiger partial charge in [-0.15, -0.1) is 0 Å². The Balaban J connectivity index is 3.95. The molecule has 9 nitrogen and oxygen atoms in total. The van der Waals surface area contributed by atoms with Crippen molar-refractivity contribution in [3.05, 3.63) is 0 Å². The molecular weight excluding hydrogens is 312 g/mol. The molecule has 0 aromatic heterocycles. The van der Waals surface area contributed by atoms with Crippen LogP contribution in [-0.4, -0.2) is 61.5 Å². The molecule has 0 radical (unpaired) electrons. The van der Waals surface area contributed by atoms with Gasteiger partial charge in [-0.25, -0.2) is 14.4 Å². The minimum atomic E-state index is -1.80. The summed E-state index contributed by atoms with van der Waals surface area (Å²) in [7, 11) is 0. The highest BCUT2D eigenvalue weighted by Gasteiger charge is 2.23. The molecule has 0 rings (SSSR count). The van der Waals surface area contributed by atoms with Crippen molar-refractivity contribution in [1.82, 2.24) is 0 Å². The topological polar surface area (TPSA) is 125 Å². The molecule has 0 saturated heterocycles. The third-order valence-corrected chi connectivity index (χ3v) is 2.25. The van der Waals surface area contributed by atoms with Gasteiger partial charge in [-0.1, -0.05) is 13.8 Å². The molecular formula is C14H22O9. The van der Waals surface area contributed by atoms with Crippen molar-refractivity contribution in [3.63, 3.8) is 0 Å². The van der Waals surface area contributed by atoms with Crippen LogP contribution in [0.1, 0.15) is 33.1 Å². The zero-order chi connectivity index (χ0) is 17.7. The number of esters is 4. The van der Waals surface area contributed by atoms with E-state index in [1.54, 1.807) is 13.8 Å². The van der Waals surface area contributed by atoms with E-state index in [9.17, 15) is 24.3 Å². The second-order valence-electron chi connectivity index (χ2n) is 4.43. The molecule has 0 fully saturated rings. The smallest absolute Gasteiger partial charge is 0.344 e. The third kappa shape index (κ3) is 11.1. The zero-order valence-electron chi connectivity index (χ0n) is 13.2. The summed E-state index contributed by atoms with van der Waals surface area (Å²) in [5.74, 6) is -3.62. The van der Waals surface area contributed by atoms with E-state index in [1.807, 2.05) is 0 Å². The van der Waals surface area contributed by atoms with Gasteiger partial charge in [-0.2, -0.15) is 0 Å². The van der Waals surface area contributed by atoms with E-state index in [0.717, 1.165) is 0 Å². The largest absolute Gasteiger partial charge is 0.463 e. The van der Waals surface area contributed by atoms with E-state index < -0.39 is 49.6 Å². The van der Waals surface area contributed by atoms with Crippen LogP contribution in [0.25, 0.3) is 0 Å². The maximum atomic E-state index is 11.4. The number of aliphatic hydroxyl groups is 1. The molecule has 1 N–H and O–H groups in total. The van der Waals surface area contributed by atoms with Crippen molar-refractivity contribution < 1.29 is 43.2 Å². The summed E-state index contributed by atoms with van der Waals surface area (Å²) >= 11 is 0. The Labute approximate surface area is 133 Å². The molecule has 0 spiro atoms. The Morgan fingerprint density at radius 2 is 1.26 bits per heavy atom. The number of carbonyl (C=O) groups excluding carboxylic acids is 4. The van der Waals surface area contributed by atoms with Gasteiger partial charge in [-0.3, -0.25) is 4.79 Å². The average Bonchev–Trinajstić information content (AvgIpc) is 2.53. The molecule has 0 aliphatic heterocycles. The van der Waals surface area contributed by atoms with Gasteiger partial charge in [0.25, 0.3) is 0 Å². The minimum absolute atomic E-state index is 0.194. The Morgan fingerprint density at radius 1 is 0.783 bits per heavy atom. The van der Waals surface area contributed by atoms with Crippen LogP contribution in [0.3, 0.4) is 0 Å². The summed E-state index contributed by atoms with van der Waals surface area (Å²) in [6, 6.07) is 0. The van der Waals surface area contributed by atoms with Gasteiger partial charge >= 0.3 is 23.9 Å². The first-order valence-electron chi connectivity index (χ1n) is 7.22. The van der Waals surface area contributed by atoms with Crippen LogP contribution in [-0.2, 0) is 38.1 Å². The van der Waals surface area contributed by atoms with Gasteiger partial charge in [0.2, 0.25) is 0 Å². The van der Waals surface area contributed by atoms with E-state index >= 15 is 0 Å². The second kappa shape index (κ2) is 12.4. The number of rotatable bonds is 11. The van der Waals surface area contributed by atoms with E-state index in [0.29, 0.717) is 12.8 Å². The van der Waals surface area contributed by atoms with Crippen LogP contribution in [0.2, 0.25) is 0 Å². The van der Waals surface area contributed by atoms with Gasteiger partial charge in [-0.05, 0) is 12.8 Å². The summed E-state index contributed by atoms with van der Waals surface area (Å²) in [4.78, 5) is 44.9. The number of hydrogen-bond donors (Lipinski definition) is 1. The molecule has 9 heteroatoms. The minimum Gasteiger partial charge on any atom is -0.463 e. The van der Waals surface area contributed by atoms with Gasteiger partial charge in [0, 0.05) is 0 Å². The van der Waals surface area contributed by atoms with E-state index in [4.69, 9.17) is 0 Å². The van der Waals surface area contributed by atoms with Gasteiger partial charge in [0.05, 0.1) is 19.6 Å². The fraction of sp³-hybridized carbons (Fsp3) is 0.714. The molecule has 0 bridgehead atoms. The van der Waals surface area contributed by atoms with E-state index in [2.05, 4.69) is 18.9 Å². The van der Waals surface area contributed by atoms with Crippen molar-refractivity contribution in [1.29, 1.82) is 0 Å². The first-order chi connectivity index (χ1) is 10.9. The average molecular weight is 334 g/mol. The normalized spacial score (nSPS) is 11.3. The van der Waals surface area contributed by atoms with Crippen molar-refractivity contribution in [2.45, 2.75) is 39.2 Å². The highest BCUT2D eigenvalue weighted by Crippen LogP contribution is 1.99. The van der Waals surface area contributed by atoms with E-state index in [-0.39, 0.29) is 13.2 Å². The molecule has 1 unspecified atom stereocenters.